The number of nitrogens with one attached hydrogen (secondary N) is 2. The highest BCUT2D eigenvalue weighted by Gasteiger charge is 2.33. The van der Waals surface area contributed by atoms with E-state index in [1.807, 2.05) is 13.8 Å². The average molecular weight is 288 g/mol. The molecule has 1 saturated heterocycles. The lowest BCUT2D eigenvalue weighted by molar-refractivity contribution is -0.126. The molecule has 21 heavy (non-hydrogen) atoms. The Kier molecular flexibility index (Phi) is 5.04. The molecule has 116 valence electrons. The molecule has 1 fully saturated rings. The van der Waals surface area contributed by atoms with Gasteiger partial charge in [-0.15, -0.1) is 0 Å². The SMILES string of the molecule is CCc1ccc(C(C)(C)C(=O)NC2CNCCC2C)cc1. The Morgan fingerprint density at radius 2 is 2.00 bits per heavy atom. The summed E-state index contributed by atoms with van der Waals surface area (Å²) in [6.45, 7) is 10.3. The summed E-state index contributed by atoms with van der Waals surface area (Å²) in [6.07, 6.45) is 2.15. The molecule has 0 aromatic heterocycles. The topological polar surface area (TPSA) is 41.1 Å². The monoisotopic (exact) mass is 288 g/mol. The number of rotatable bonds is 4. The van der Waals surface area contributed by atoms with Gasteiger partial charge in [0.25, 0.3) is 0 Å². The molecule has 0 aliphatic carbocycles. The van der Waals surface area contributed by atoms with Crippen molar-refractivity contribution in [3.8, 4) is 0 Å². The molecule has 3 heteroatoms. The molecule has 1 aliphatic rings. The molecule has 0 bridgehead atoms. The smallest absolute Gasteiger partial charge is 0.230 e. The molecule has 3 nitrogen and oxygen atoms in total. The summed E-state index contributed by atoms with van der Waals surface area (Å²) in [5.74, 6) is 0.653. The van der Waals surface area contributed by atoms with Crippen LogP contribution in [0.25, 0.3) is 0 Å². The van der Waals surface area contributed by atoms with Gasteiger partial charge in [0.1, 0.15) is 0 Å². The molecule has 2 rings (SSSR count). The van der Waals surface area contributed by atoms with Gasteiger partial charge in [0.05, 0.1) is 5.41 Å². The summed E-state index contributed by atoms with van der Waals surface area (Å²) in [4.78, 5) is 12.7. The Balaban J connectivity index is 2.08. The van der Waals surface area contributed by atoms with Gasteiger partial charge < -0.3 is 10.6 Å². The molecule has 0 radical (unpaired) electrons. The van der Waals surface area contributed by atoms with Crippen LogP contribution < -0.4 is 10.6 Å². The van der Waals surface area contributed by atoms with E-state index in [4.69, 9.17) is 0 Å². The first-order chi connectivity index (χ1) is 9.95. The molecular formula is C18H28N2O. The number of amides is 1. The van der Waals surface area contributed by atoms with Crippen molar-refractivity contribution in [2.75, 3.05) is 13.1 Å². The molecule has 1 heterocycles. The molecule has 2 N–H and O–H groups in total. The van der Waals surface area contributed by atoms with E-state index in [0.717, 1.165) is 31.5 Å². The molecule has 1 amide bonds. The summed E-state index contributed by atoms with van der Waals surface area (Å²) < 4.78 is 0. The molecule has 0 saturated carbocycles. The van der Waals surface area contributed by atoms with Crippen molar-refractivity contribution in [1.82, 2.24) is 10.6 Å². The van der Waals surface area contributed by atoms with E-state index in [9.17, 15) is 4.79 Å². The number of piperidine rings is 1. The van der Waals surface area contributed by atoms with Gasteiger partial charge in [-0.25, -0.2) is 0 Å². The number of hydrogen-bond acceptors (Lipinski definition) is 2. The molecule has 2 unspecified atom stereocenters. The van der Waals surface area contributed by atoms with E-state index >= 15 is 0 Å². The van der Waals surface area contributed by atoms with E-state index in [-0.39, 0.29) is 11.9 Å². The second-order valence-corrected chi connectivity index (χ2v) is 6.73. The predicted molar refractivity (Wildman–Crippen MR) is 87.4 cm³/mol. The number of hydrogen-bond donors (Lipinski definition) is 2. The normalized spacial score (nSPS) is 22.9. The minimum atomic E-state index is -0.497. The maximum absolute atomic E-state index is 12.7. The van der Waals surface area contributed by atoms with Crippen LogP contribution in [0.4, 0.5) is 0 Å². The predicted octanol–water partition coefficient (Wildman–Crippen LogP) is 2.64. The van der Waals surface area contributed by atoms with E-state index in [1.165, 1.54) is 5.56 Å². The van der Waals surface area contributed by atoms with Crippen molar-refractivity contribution in [2.45, 2.75) is 52.0 Å². The van der Waals surface area contributed by atoms with Crippen molar-refractivity contribution in [3.05, 3.63) is 35.4 Å². The largest absolute Gasteiger partial charge is 0.351 e. The summed E-state index contributed by atoms with van der Waals surface area (Å²) in [5, 5.41) is 6.60. The Hall–Kier alpha value is -1.35. The summed E-state index contributed by atoms with van der Waals surface area (Å²) in [6, 6.07) is 8.65. The second-order valence-electron chi connectivity index (χ2n) is 6.73. The third kappa shape index (κ3) is 3.65. The Morgan fingerprint density at radius 3 is 2.57 bits per heavy atom. The molecule has 2 atom stereocenters. The standard InChI is InChI=1S/C18H28N2O/c1-5-14-6-8-15(9-7-14)18(3,4)17(21)20-16-12-19-11-10-13(16)2/h6-9,13,16,19H,5,10-12H2,1-4H3,(H,20,21). The van der Waals surface area contributed by atoms with Crippen LogP contribution in [0, 0.1) is 5.92 Å². The van der Waals surface area contributed by atoms with Crippen molar-refractivity contribution < 1.29 is 4.79 Å². The Morgan fingerprint density at radius 1 is 1.33 bits per heavy atom. The highest BCUT2D eigenvalue weighted by Crippen LogP contribution is 2.25. The minimum Gasteiger partial charge on any atom is -0.351 e. The number of carbonyl (C=O) groups is 1. The quantitative estimate of drug-likeness (QED) is 0.894. The van der Waals surface area contributed by atoms with Crippen LogP contribution in [0.5, 0.6) is 0 Å². The minimum absolute atomic E-state index is 0.118. The van der Waals surface area contributed by atoms with Gasteiger partial charge in [-0.2, -0.15) is 0 Å². The highest BCUT2D eigenvalue weighted by atomic mass is 16.2. The summed E-state index contributed by atoms with van der Waals surface area (Å²) >= 11 is 0. The third-order valence-corrected chi connectivity index (χ3v) is 4.80. The lowest BCUT2D eigenvalue weighted by atomic mass is 9.82. The van der Waals surface area contributed by atoms with Crippen LogP contribution in [0.2, 0.25) is 0 Å². The van der Waals surface area contributed by atoms with E-state index in [0.29, 0.717) is 5.92 Å². The first-order valence-corrected chi connectivity index (χ1v) is 8.06. The fourth-order valence-electron chi connectivity index (χ4n) is 2.82. The van der Waals surface area contributed by atoms with Crippen LogP contribution in [-0.2, 0) is 16.6 Å². The lowest BCUT2D eigenvalue weighted by Crippen LogP contribution is -2.54. The number of carbonyl (C=O) groups excluding carboxylic acids is 1. The molecule has 1 aliphatic heterocycles. The zero-order valence-electron chi connectivity index (χ0n) is 13.7. The molecule has 1 aromatic carbocycles. The third-order valence-electron chi connectivity index (χ3n) is 4.80. The maximum atomic E-state index is 12.7. The fraction of sp³-hybridized carbons (Fsp3) is 0.611. The maximum Gasteiger partial charge on any atom is 0.230 e. The number of benzene rings is 1. The molecular weight excluding hydrogens is 260 g/mol. The van der Waals surface area contributed by atoms with Gasteiger partial charge >= 0.3 is 0 Å². The average Bonchev–Trinajstić information content (AvgIpc) is 2.49. The number of aryl methyl sites for hydroxylation is 1. The van der Waals surface area contributed by atoms with Gasteiger partial charge in [0.15, 0.2) is 0 Å². The lowest BCUT2D eigenvalue weighted by Gasteiger charge is -2.33. The highest BCUT2D eigenvalue weighted by molar-refractivity contribution is 5.87. The van der Waals surface area contributed by atoms with Crippen molar-refractivity contribution >= 4 is 5.91 Å². The van der Waals surface area contributed by atoms with Crippen LogP contribution in [-0.4, -0.2) is 25.0 Å². The summed E-state index contributed by atoms with van der Waals surface area (Å²) in [7, 11) is 0. The molecule has 0 spiro atoms. The van der Waals surface area contributed by atoms with Gasteiger partial charge in [-0.05, 0) is 50.3 Å². The van der Waals surface area contributed by atoms with Crippen LogP contribution >= 0.6 is 0 Å². The van der Waals surface area contributed by atoms with E-state index in [1.54, 1.807) is 0 Å². The second kappa shape index (κ2) is 6.61. The van der Waals surface area contributed by atoms with Crippen molar-refractivity contribution in [1.29, 1.82) is 0 Å². The van der Waals surface area contributed by atoms with Crippen LogP contribution in [0.1, 0.15) is 45.2 Å². The zero-order chi connectivity index (χ0) is 15.5. The van der Waals surface area contributed by atoms with Crippen molar-refractivity contribution in [2.24, 2.45) is 5.92 Å². The Labute approximate surface area is 128 Å². The molecule has 1 aromatic rings. The van der Waals surface area contributed by atoms with E-state index in [2.05, 4.69) is 48.7 Å². The van der Waals surface area contributed by atoms with E-state index < -0.39 is 5.41 Å². The van der Waals surface area contributed by atoms with Crippen LogP contribution in [0.3, 0.4) is 0 Å². The van der Waals surface area contributed by atoms with Crippen LogP contribution in [0.15, 0.2) is 24.3 Å². The Bertz CT molecular complexity index is 478. The van der Waals surface area contributed by atoms with Gasteiger partial charge in [-0.3, -0.25) is 4.79 Å². The fourth-order valence-corrected chi connectivity index (χ4v) is 2.82. The first kappa shape index (κ1) is 16.0. The summed E-state index contributed by atoms with van der Waals surface area (Å²) in [5.41, 5.74) is 1.89. The van der Waals surface area contributed by atoms with Crippen molar-refractivity contribution in [3.63, 3.8) is 0 Å². The van der Waals surface area contributed by atoms with Gasteiger partial charge in [0.2, 0.25) is 5.91 Å². The zero-order valence-corrected chi connectivity index (χ0v) is 13.7. The van der Waals surface area contributed by atoms with Gasteiger partial charge in [-0.1, -0.05) is 38.1 Å². The first-order valence-electron chi connectivity index (χ1n) is 8.06. The van der Waals surface area contributed by atoms with Gasteiger partial charge in [0, 0.05) is 12.6 Å².